The second-order valence-electron chi connectivity index (χ2n) is 19.1. The summed E-state index contributed by atoms with van der Waals surface area (Å²) < 4.78 is 0. The van der Waals surface area contributed by atoms with Crippen LogP contribution in [0.4, 0.5) is 28.4 Å². The average Bonchev–Trinajstić information content (AvgIpc) is 3.27. The largest absolute Gasteiger partial charge is 0.376 e. The van der Waals surface area contributed by atoms with Crippen LogP contribution < -0.4 is 20.6 Å². The quantitative estimate of drug-likeness (QED) is 0.163. The molecule has 0 saturated heterocycles. The molecule has 0 radical (unpaired) electrons. The normalized spacial score (nSPS) is 13.8. The summed E-state index contributed by atoms with van der Waals surface area (Å²) in [6, 6.07) is 64.4. The molecule has 302 valence electrons. The molecule has 8 aromatic rings. The molecule has 0 aromatic heterocycles. The number of para-hydroxylation sites is 1. The van der Waals surface area contributed by atoms with Crippen LogP contribution in [0.3, 0.4) is 0 Å². The van der Waals surface area contributed by atoms with E-state index in [4.69, 9.17) is 0 Å². The van der Waals surface area contributed by atoms with Crippen molar-refractivity contribution in [1.82, 2.24) is 0 Å². The molecule has 2 nitrogen and oxygen atoms in total. The highest BCUT2D eigenvalue weighted by Gasteiger charge is 2.46. The fourth-order valence-electron chi connectivity index (χ4n) is 9.71. The Labute approximate surface area is 376 Å². The molecule has 0 bridgehead atoms. The van der Waals surface area contributed by atoms with Crippen molar-refractivity contribution in [2.75, 3.05) is 9.71 Å². The maximum Gasteiger partial charge on any atom is 0.333 e. The van der Waals surface area contributed by atoms with Crippen LogP contribution in [0.2, 0.25) is 0 Å². The molecule has 0 spiro atoms. The fourth-order valence-corrected chi connectivity index (χ4v) is 12.0. The van der Waals surface area contributed by atoms with Gasteiger partial charge in [-0.05, 0) is 123 Å². The monoisotopic (exact) mass is 836 g/mol. The SMILES string of the molecule is Cc1cc2c3c(c1)N(c1ccc(C(C)(C)C)cc1-c1ccccc1)c1cc4c(cc1B3N(c1ccc(C(C)(C)C)cc1-c1ccccc1)c1ccccc1-2)Sc1ccccc1S4. The number of benzene rings is 8. The van der Waals surface area contributed by atoms with Gasteiger partial charge in [-0.15, -0.1) is 0 Å². The molecule has 5 heteroatoms. The van der Waals surface area contributed by atoms with E-state index in [1.807, 2.05) is 23.5 Å². The molecule has 0 saturated carbocycles. The van der Waals surface area contributed by atoms with Crippen LogP contribution in [0.25, 0.3) is 33.4 Å². The van der Waals surface area contributed by atoms with E-state index in [1.54, 1.807) is 0 Å². The molecular formula is C57H49BN2S2. The molecule has 0 atom stereocenters. The van der Waals surface area contributed by atoms with E-state index >= 15 is 0 Å². The number of hydrogen-bond acceptors (Lipinski definition) is 4. The molecule has 11 rings (SSSR count). The van der Waals surface area contributed by atoms with Crippen molar-refractivity contribution in [3.8, 4) is 33.4 Å². The summed E-state index contributed by atoms with van der Waals surface area (Å²) in [5.74, 6) is 0. The lowest BCUT2D eigenvalue weighted by Gasteiger charge is -2.47. The highest BCUT2D eigenvalue weighted by molar-refractivity contribution is 8.05. The second-order valence-corrected chi connectivity index (χ2v) is 21.2. The van der Waals surface area contributed by atoms with E-state index in [2.05, 4.69) is 228 Å². The van der Waals surface area contributed by atoms with Crippen LogP contribution in [0.1, 0.15) is 58.2 Å². The molecule has 62 heavy (non-hydrogen) atoms. The topological polar surface area (TPSA) is 6.48 Å². The summed E-state index contributed by atoms with van der Waals surface area (Å²) in [4.78, 5) is 10.5. The number of nitrogens with zero attached hydrogens (tertiary/aromatic N) is 2. The molecule has 3 aliphatic heterocycles. The number of rotatable bonds is 4. The zero-order valence-electron chi connectivity index (χ0n) is 36.5. The van der Waals surface area contributed by atoms with Gasteiger partial charge in [0.25, 0.3) is 0 Å². The van der Waals surface area contributed by atoms with Crippen LogP contribution in [0.5, 0.6) is 0 Å². The molecule has 3 heterocycles. The first kappa shape index (κ1) is 39.0. The zero-order valence-corrected chi connectivity index (χ0v) is 38.1. The summed E-state index contributed by atoms with van der Waals surface area (Å²) in [6.45, 7) is 16.1. The van der Waals surface area contributed by atoms with E-state index in [1.165, 1.54) is 109 Å². The van der Waals surface area contributed by atoms with E-state index < -0.39 is 0 Å². The minimum absolute atomic E-state index is 0.0135. The molecule has 0 amide bonds. The highest BCUT2D eigenvalue weighted by atomic mass is 32.2. The first-order valence-corrected chi connectivity index (χ1v) is 23.4. The Morgan fingerprint density at radius 1 is 0.403 bits per heavy atom. The van der Waals surface area contributed by atoms with Crippen molar-refractivity contribution < 1.29 is 0 Å². The van der Waals surface area contributed by atoms with Crippen molar-refractivity contribution in [2.24, 2.45) is 0 Å². The maximum absolute atomic E-state index is 2.68. The maximum atomic E-state index is 2.68. The minimum atomic E-state index is -0.105. The minimum Gasteiger partial charge on any atom is -0.376 e. The average molecular weight is 837 g/mol. The molecule has 0 N–H and O–H groups in total. The van der Waals surface area contributed by atoms with Crippen LogP contribution >= 0.6 is 23.5 Å². The van der Waals surface area contributed by atoms with Gasteiger partial charge in [0.1, 0.15) is 0 Å². The van der Waals surface area contributed by atoms with Crippen molar-refractivity contribution in [2.45, 2.75) is 78.9 Å². The Morgan fingerprint density at radius 3 is 1.53 bits per heavy atom. The van der Waals surface area contributed by atoms with E-state index in [9.17, 15) is 0 Å². The van der Waals surface area contributed by atoms with Gasteiger partial charge in [0.2, 0.25) is 0 Å². The van der Waals surface area contributed by atoms with E-state index in [-0.39, 0.29) is 17.7 Å². The third kappa shape index (κ3) is 6.43. The van der Waals surface area contributed by atoms with E-state index in [0.717, 1.165) is 0 Å². The van der Waals surface area contributed by atoms with Gasteiger partial charge in [0.15, 0.2) is 0 Å². The van der Waals surface area contributed by atoms with Crippen LogP contribution in [0, 0.1) is 6.92 Å². The molecule has 0 aliphatic carbocycles. The lowest BCUT2D eigenvalue weighted by Crippen LogP contribution is -2.61. The number of aryl methyl sites for hydroxylation is 1. The lowest BCUT2D eigenvalue weighted by atomic mass is 9.43. The summed E-state index contributed by atoms with van der Waals surface area (Å²) in [5, 5.41) is 0. The van der Waals surface area contributed by atoms with Gasteiger partial charge in [-0.3, -0.25) is 0 Å². The zero-order chi connectivity index (χ0) is 42.5. The Hall–Kier alpha value is -5.88. The van der Waals surface area contributed by atoms with Crippen molar-refractivity contribution in [3.05, 3.63) is 187 Å². The van der Waals surface area contributed by atoms with Crippen molar-refractivity contribution in [3.63, 3.8) is 0 Å². The van der Waals surface area contributed by atoms with Gasteiger partial charge in [0, 0.05) is 59.0 Å². The summed E-state index contributed by atoms with van der Waals surface area (Å²) in [6.07, 6.45) is 0. The first-order valence-electron chi connectivity index (χ1n) is 21.8. The van der Waals surface area contributed by atoms with Crippen LogP contribution in [0.15, 0.2) is 189 Å². The molecular weight excluding hydrogens is 788 g/mol. The Kier molecular flexibility index (Phi) is 9.19. The van der Waals surface area contributed by atoms with Gasteiger partial charge in [-0.1, -0.05) is 174 Å². The molecule has 0 unspecified atom stereocenters. The Morgan fingerprint density at radius 2 is 0.919 bits per heavy atom. The molecule has 8 aromatic carbocycles. The predicted octanol–water partition coefficient (Wildman–Crippen LogP) is 15.2. The van der Waals surface area contributed by atoms with Gasteiger partial charge < -0.3 is 9.71 Å². The van der Waals surface area contributed by atoms with Crippen molar-refractivity contribution in [1.29, 1.82) is 0 Å². The van der Waals surface area contributed by atoms with Gasteiger partial charge in [-0.25, -0.2) is 0 Å². The smallest absolute Gasteiger partial charge is 0.333 e. The number of anilines is 5. The first-order chi connectivity index (χ1) is 29.9. The highest BCUT2D eigenvalue weighted by Crippen LogP contribution is 2.54. The molecule has 3 aliphatic rings. The van der Waals surface area contributed by atoms with Gasteiger partial charge >= 0.3 is 6.85 Å². The van der Waals surface area contributed by atoms with Crippen LogP contribution in [-0.2, 0) is 10.8 Å². The fraction of sp³-hybridized carbons (Fsp3) is 0.158. The summed E-state index contributed by atoms with van der Waals surface area (Å²) in [5.41, 5.74) is 20.1. The number of fused-ring (bicyclic) bond motifs is 6. The summed E-state index contributed by atoms with van der Waals surface area (Å²) >= 11 is 3.80. The Balaban J connectivity index is 1.25. The second kappa shape index (κ2) is 14.6. The summed E-state index contributed by atoms with van der Waals surface area (Å²) in [7, 11) is 0. The standard InChI is InChI=1S/C57H49BN2S2/c1-36-30-44-41-22-14-15-23-47(41)60(48-29-27-40(57(5,6)7)33-43(48)38-20-12-9-13-21-38)58-45-34-53-54(62-52-25-17-16-24-51(52)61-53)35-49(45)59(50(31-36)55(44)58)46-28-26-39(56(2,3)4)32-42(46)37-18-10-8-11-19-37/h8-35H,1-7H3. The van der Waals surface area contributed by atoms with Gasteiger partial charge in [-0.2, -0.15) is 0 Å². The Bertz CT molecular complexity index is 3070. The van der Waals surface area contributed by atoms with E-state index in [0.29, 0.717) is 0 Å². The predicted molar refractivity (Wildman–Crippen MR) is 268 cm³/mol. The lowest BCUT2D eigenvalue weighted by molar-refractivity contribution is 0.590. The third-order valence-electron chi connectivity index (χ3n) is 12.8. The third-order valence-corrected chi connectivity index (χ3v) is 15.4. The van der Waals surface area contributed by atoms with Crippen LogP contribution in [-0.4, -0.2) is 6.85 Å². The molecule has 0 fully saturated rings. The van der Waals surface area contributed by atoms with Gasteiger partial charge in [0.05, 0.1) is 5.69 Å². The van der Waals surface area contributed by atoms with Crippen molar-refractivity contribution >= 4 is 69.7 Å². The number of hydrogen-bond donors (Lipinski definition) is 0.